The molecule has 26 heavy (non-hydrogen) atoms. The van der Waals surface area contributed by atoms with E-state index in [-0.39, 0.29) is 12.5 Å². The van der Waals surface area contributed by atoms with Crippen LogP contribution in [0, 0.1) is 16.4 Å². The van der Waals surface area contributed by atoms with Crippen LogP contribution in [0.1, 0.15) is 6.92 Å². The summed E-state index contributed by atoms with van der Waals surface area (Å²) in [4.78, 5) is 11.7. The minimum absolute atomic E-state index is 0.000785. The molecule has 0 bridgehead atoms. The standard InChI is InChI=1S/C19H16N2O3S2/c1-2-4-16(23)21-13-6-3-5-12(9-13)14-11-26-19-15(25)10-17(20-7-8-22)24-18(14)19/h3,5-6,9-11,20,22H,7-8H2,1H3,(H,21,23). The number of hydrogen-bond donors (Lipinski definition) is 3. The molecule has 2 heterocycles. The summed E-state index contributed by atoms with van der Waals surface area (Å²) in [7, 11) is 0. The number of fused-ring (bicyclic) bond motifs is 1. The number of aliphatic hydroxyl groups is 1. The van der Waals surface area contributed by atoms with E-state index in [4.69, 9.17) is 21.7 Å². The fraction of sp³-hybridized carbons (Fsp3) is 0.158. The van der Waals surface area contributed by atoms with Gasteiger partial charge in [-0.2, -0.15) is 0 Å². The smallest absolute Gasteiger partial charge is 0.300 e. The highest BCUT2D eigenvalue weighted by Crippen LogP contribution is 2.37. The predicted octanol–water partition coefficient (Wildman–Crippen LogP) is 4.26. The maximum absolute atomic E-state index is 11.7. The van der Waals surface area contributed by atoms with Crippen LogP contribution in [0.15, 0.2) is 40.1 Å². The second-order valence-corrected chi connectivity index (χ2v) is 6.66. The Morgan fingerprint density at radius 1 is 1.38 bits per heavy atom. The maximum Gasteiger partial charge on any atom is 0.300 e. The zero-order chi connectivity index (χ0) is 18.5. The molecule has 1 aromatic carbocycles. The van der Waals surface area contributed by atoms with Gasteiger partial charge in [0.15, 0.2) is 11.5 Å². The lowest BCUT2D eigenvalue weighted by molar-refractivity contribution is -0.111. The highest BCUT2D eigenvalue weighted by atomic mass is 32.1. The number of benzene rings is 1. The van der Waals surface area contributed by atoms with Gasteiger partial charge in [0.2, 0.25) is 0 Å². The Hall–Kier alpha value is -2.66. The molecule has 5 nitrogen and oxygen atoms in total. The van der Waals surface area contributed by atoms with Crippen molar-refractivity contribution in [1.82, 2.24) is 0 Å². The monoisotopic (exact) mass is 384 g/mol. The average molecular weight is 384 g/mol. The summed E-state index contributed by atoms with van der Waals surface area (Å²) >= 11 is 6.95. The number of carbonyl (C=O) groups is 1. The minimum Gasteiger partial charge on any atom is -0.439 e. The highest BCUT2D eigenvalue weighted by Gasteiger charge is 2.12. The molecular weight excluding hydrogens is 368 g/mol. The van der Waals surface area contributed by atoms with E-state index < -0.39 is 0 Å². The van der Waals surface area contributed by atoms with Crippen LogP contribution in [-0.2, 0) is 4.79 Å². The number of rotatable bonds is 5. The van der Waals surface area contributed by atoms with E-state index in [0.717, 1.165) is 15.8 Å². The third-order valence-electron chi connectivity index (χ3n) is 3.52. The lowest BCUT2D eigenvalue weighted by Crippen LogP contribution is -2.08. The third-order valence-corrected chi connectivity index (χ3v) is 4.97. The Kier molecular flexibility index (Phi) is 5.68. The molecular formula is C19H16N2O3S2. The van der Waals surface area contributed by atoms with Gasteiger partial charge in [0.25, 0.3) is 5.91 Å². The van der Waals surface area contributed by atoms with E-state index in [9.17, 15) is 4.79 Å². The van der Waals surface area contributed by atoms with Crippen LogP contribution in [-0.4, -0.2) is 24.2 Å². The molecule has 7 heteroatoms. The molecule has 3 N–H and O–H groups in total. The molecule has 0 aliphatic heterocycles. The largest absolute Gasteiger partial charge is 0.439 e. The first-order valence-electron chi connectivity index (χ1n) is 7.86. The van der Waals surface area contributed by atoms with Crippen LogP contribution < -0.4 is 10.6 Å². The van der Waals surface area contributed by atoms with E-state index in [0.29, 0.717) is 28.2 Å². The zero-order valence-electron chi connectivity index (χ0n) is 14.0. The van der Waals surface area contributed by atoms with E-state index in [1.165, 1.54) is 11.3 Å². The second-order valence-electron chi connectivity index (χ2n) is 5.34. The first-order valence-corrected chi connectivity index (χ1v) is 9.15. The minimum atomic E-state index is -0.354. The average Bonchev–Trinajstić information content (AvgIpc) is 3.05. The summed E-state index contributed by atoms with van der Waals surface area (Å²) in [6.45, 7) is 1.99. The molecule has 3 aromatic rings. The molecule has 3 rings (SSSR count). The molecule has 2 aromatic heterocycles. The van der Waals surface area contributed by atoms with Gasteiger partial charge in [-0.25, -0.2) is 0 Å². The Bertz CT molecular complexity index is 1070. The van der Waals surface area contributed by atoms with Crippen LogP contribution >= 0.6 is 23.6 Å². The van der Waals surface area contributed by atoms with Crippen molar-refractivity contribution < 1.29 is 14.3 Å². The van der Waals surface area contributed by atoms with Crippen LogP contribution in [0.5, 0.6) is 0 Å². The molecule has 0 aliphatic carbocycles. The van der Waals surface area contributed by atoms with Gasteiger partial charge in [-0.05, 0) is 30.5 Å². The van der Waals surface area contributed by atoms with Crippen molar-refractivity contribution in [3.05, 3.63) is 40.2 Å². The molecule has 1 amide bonds. The molecule has 0 radical (unpaired) electrons. The van der Waals surface area contributed by atoms with Crippen LogP contribution in [0.3, 0.4) is 0 Å². The maximum atomic E-state index is 11.7. The van der Waals surface area contributed by atoms with Crippen molar-refractivity contribution in [1.29, 1.82) is 0 Å². The number of aliphatic hydroxyl groups excluding tert-OH is 1. The van der Waals surface area contributed by atoms with Gasteiger partial charge < -0.3 is 20.2 Å². The lowest BCUT2D eigenvalue weighted by Gasteiger charge is -2.06. The Labute approximate surface area is 159 Å². The summed E-state index contributed by atoms with van der Waals surface area (Å²) in [5.74, 6) is 5.18. The molecule has 0 atom stereocenters. The van der Waals surface area contributed by atoms with Gasteiger partial charge in [-0.15, -0.1) is 11.3 Å². The van der Waals surface area contributed by atoms with Crippen molar-refractivity contribution in [3.63, 3.8) is 0 Å². The summed E-state index contributed by atoms with van der Waals surface area (Å²) in [6, 6.07) is 9.21. The van der Waals surface area contributed by atoms with Crippen molar-refractivity contribution in [3.8, 4) is 23.0 Å². The number of thiophene rings is 1. The number of carbonyl (C=O) groups excluding carboxylic acids is 1. The Morgan fingerprint density at radius 2 is 2.23 bits per heavy atom. The summed E-state index contributed by atoms with van der Waals surface area (Å²) in [6.07, 6.45) is 0. The fourth-order valence-corrected chi connectivity index (χ4v) is 3.70. The third kappa shape index (κ3) is 3.94. The topological polar surface area (TPSA) is 74.5 Å². The van der Waals surface area contributed by atoms with Crippen molar-refractivity contribution >= 4 is 51.3 Å². The number of anilines is 2. The van der Waals surface area contributed by atoms with Crippen molar-refractivity contribution in [2.45, 2.75) is 6.92 Å². The van der Waals surface area contributed by atoms with E-state index in [1.54, 1.807) is 19.1 Å². The van der Waals surface area contributed by atoms with E-state index in [2.05, 4.69) is 22.5 Å². The first-order chi connectivity index (χ1) is 12.6. The Balaban J connectivity index is 2.02. The van der Waals surface area contributed by atoms with E-state index in [1.807, 2.05) is 23.6 Å². The van der Waals surface area contributed by atoms with Crippen LogP contribution in [0.25, 0.3) is 21.4 Å². The molecule has 0 unspecified atom stereocenters. The molecule has 0 spiro atoms. The van der Waals surface area contributed by atoms with Crippen LogP contribution in [0.4, 0.5) is 11.6 Å². The number of hydrogen-bond acceptors (Lipinski definition) is 6. The van der Waals surface area contributed by atoms with Gasteiger partial charge >= 0.3 is 0 Å². The summed E-state index contributed by atoms with van der Waals surface area (Å²) in [5, 5.41) is 16.7. The summed E-state index contributed by atoms with van der Waals surface area (Å²) < 4.78 is 7.51. The van der Waals surface area contributed by atoms with Gasteiger partial charge in [0.05, 0.1) is 15.8 Å². The normalized spacial score (nSPS) is 10.2. The number of amides is 1. The fourth-order valence-electron chi connectivity index (χ4n) is 2.45. The van der Waals surface area contributed by atoms with Gasteiger partial charge in [-0.1, -0.05) is 30.3 Å². The second kappa shape index (κ2) is 8.15. The predicted molar refractivity (Wildman–Crippen MR) is 108 cm³/mol. The van der Waals surface area contributed by atoms with Gasteiger partial charge in [0, 0.05) is 29.2 Å². The van der Waals surface area contributed by atoms with Crippen LogP contribution in [0.2, 0.25) is 0 Å². The molecule has 0 saturated carbocycles. The quantitative estimate of drug-likeness (QED) is 0.453. The highest BCUT2D eigenvalue weighted by molar-refractivity contribution is 7.72. The summed E-state index contributed by atoms with van der Waals surface area (Å²) in [5.41, 5.74) is 3.12. The Morgan fingerprint density at radius 3 is 3.00 bits per heavy atom. The molecule has 0 saturated heterocycles. The molecule has 0 aliphatic rings. The van der Waals surface area contributed by atoms with Gasteiger partial charge in [-0.3, -0.25) is 4.79 Å². The van der Waals surface area contributed by atoms with Gasteiger partial charge in [0.1, 0.15) is 0 Å². The lowest BCUT2D eigenvalue weighted by atomic mass is 10.1. The van der Waals surface area contributed by atoms with Crippen molar-refractivity contribution in [2.75, 3.05) is 23.8 Å². The SMILES string of the molecule is CC#CC(=O)Nc1cccc(-c2csc3c(=S)cc(NCCO)oc23)c1. The zero-order valence-corrected chi connectivity index (χ0v) is 15.6. The molecule has 0 fully saturated rings. The first kappa shape index (κ1) is 18.1. The van der Waals surface area contributed by atoms with Crippen molar-refractivity contribution in [2.24, 2.45) is 0 Å². The number of nitrogens with one attached hydrogen (secondary N) is 2. The van der Waals surface area contributed by atoms with E-state index >= 15 is 0 Å². The molecule has 132 valence electrons.